The molecule has 1 fully saturated rings. The predicted octanol–water partition coefficient (Wildman–Crippen LogP) is 7.36. The van der Waals surface area contributed by atoms with Gasteiger partial charge < -0.3 is 0 Å². The van der Waals surface area contributed by atoms with E-state index < -0.39 is 5.79 Å². The normalized spacial score (nSPS) is 22.8. The van der Waals surface area contributed by atoms with E-state index in [1.807, 2.05) is 0 Å². The van der Waals surface area contributed by atoms with E-state index in [-0.39, 0.29) is 16.6 Å². The second kappa shape index (κ2) is 10.0. The largest absolute Gasteiger partial charge is 0.239 e. The van der Waals surface area contributed by atoms with Gasteiger partial charge >= 0.3 is 0 Å². The minimum Gasteiger partial charge on any atom is -0.227 e. The molecule has 1 unspecified atom stereocenters. The topological polar surface area (TPSA) is 36.9 Å². The van der Waals surface area contributed by atoms with Crippen LogP contribution in [0.5, 0.6) is 0 Å². The molecule has 0 saturated heterocycles. The van der Waals surface area contributed by atoms with Crippen molar-refractivity contribution in [1.29, 1.82) is 0 Å². The van der Waals surface area contributed by atoms with Crippen molar-refractivity contribution < 1.29 is 19.6 Å². The van der Waals surface area contributed by atoms with Gasteiger partial charge in [0.15, 0.2) is 0 Å². The second-order valence-electron chi connectivity index (χ2n) is 9.31. The van der Waals surface area contributed by atoms with Crippen LogP contribution in [0.25, 0.3) is 0 Å². The summed E-state index contributed by atoms with van der Waals surface area (Å²) in [6.07, 6.45) is 8.45. The molecular formula is C23H46O4. The number of rotatable bonds is 12. The van der Waals surface area contributed by atoms with Crippen LogP contribution in [-0.2, 0) is 19.6 Å². The molecular weight excluding hydrogens is 340 g/mol. The fourth-order valence-corrected chi connectivity index (χ4v) is 4.11. The van der Waals surface area contributed by atoms with Crippen LogP contribution in [-0.4, -0.2) is 17.0 Å². The highest BCUT2D eigenvalue weighted by atomic mass is 17.3. The lowest BCUT2D eigenvalue weighted by Gasteiger charge is -2.50. The van der Waals surface area contributed by atoms with Gasteiger partial charge in [-0.05, 0) is 57.3 Å². The zero-order valence-corrected chi connectivity index (χ0v) is 19.6. The third kappa shape index (κ3) is 5.46. The van der Waals surface area contributed by atoms with Gasteiger partial charge in [0, 0.05) is 11.8 Å². The minimum atomic E-state index is -0.889. The first-order valence-electron chi connectivity index (χ1n) is 11.4. The van der Waals surface area contributed by atoms with Gasteiger partial charge in [-0.3, -0.25) is 0 Å². The first-order valence-corrected chi connectivity index (χ1v) is 11.4. The summed E-state index contributed by atoms with van der Waals surface area (Å²) in [7, 11) is 0. The monoisotopic (exact) mass is 386 g/mol. The molecule has 0 aromatic heterocycles. The molecule has 1 atom stereocenters. The predicted molar refractivity (Wildman–Crippen MR) is 111 cm³/mol. The molecule has 162 valence electrons. The summed E-state index contributed by atoms with van der Waals surface area (Å²) in [5.41, 5.74) is -0.740. The van der Waals surface area contributed by atoms with Crippen molar-refractivity contribution in [1.82, 2.24) is 0 Å². The first kappa shape index (κ1) is 24.9. The molecule has 0 radical (unpaired) electrons. The molecule has 4 nitrogen and oxygen atoms in total. The average molecular weight is 387 g/mol. The van der Waals surface area contributed by atoms with E-state index in [0.29, 0.717) is 5.92 Å². The summed E-state index contributed by atoms with van der Waals surface area (Å²) in [6.45, 7) is 19.6. The zero-order chi connectivity index (χ0) is 20.8. The highest BCUT2D eigenvalue weighted by Gasteiger charge is 2.55. The summed E-state index contributed by atoms with van der Waals surface area (Å²) < 4.78 is 0. The number of hydrogen-bond donors (Lipinski definition) is 0. The maximum absolute atomic E-state index is 6.28. The van der Waals surface area contributed by atoms with E-state index >= 15 is 0 Å². The van der Waals surface area contributed by atoms with E-state index in [2.05, 4.69) is 62.3 Å². The van der Waals surface area contributed by atoms with Crippen LogP contribution in [0, 0.1) is 11.3 Å². The molecule has 0 N–H and O–H groups in total. The molecule has 0 bridgehead atoms. The Hall–Kier alpha value is -0.160. The van der Waals surface area contributed by atoms with Crippen molar-refractivity contribution in [2.75, 3.05) is 0 Å². The van der Waals surface area contributed by atoms with Gasteiger partial charge in [0.05, 0.1) is 0 Å². The molecule has 0 amide bonds. The van der Waals surface area contributed by atoms with Gasteiger partial charge in [-0.15, -0.1) is 0 Å². The van der Waals surface area contributed by atoms with Crippen molar-refractivity contribution in [3.05, 3.63) is 0 Å². The molecule has 0 aromatic rings. The molecule has 0 aliphatic heterocycles. The molecule has 1 rings (SSSR count). The molecule has 0 aromatic carbocycles. The summed E-state index contributed by atoms with van der Waals surface area (Å²) in [4.78, 5) is 24.9. The van der Waals surface area contributed by atoms with Gasteiger partial charge in [0.1, 0.15) is 11.2 Å². The van der Waals surface area contributed by atoms with Crippen LogP contribution in [0.4, 0.5) is 0 Å². The van der Waals surface area contributed by atoms with Gasteiger partial charge in [-0.25, -0.2) is 9.78 Å². The van der Waals surface area contributed by atoms with E-state index in [9.17, 15) is 0 Å². The fraction of sp³-hybridized carbons (Fsp3) is 1.00. The highest BCUT2D eigenvalue weighted by Crippen LogP contribution is 2.51. The van der Waals surface area contributed by atoms with Crippen LogP contribution < -0.4 is 0 Å². The Morgan fingerprint density at radius 2 is 1.11 bits per heavy atom. The summed E-state index contributed by atoms with van der Waals surface area (Å²) >= 11 is 0. The lowest BCUT2D eigenvalue weighted by Crippen LogP contribution is -2.55. The molecule has 1 aliphatic rings. The molecule has 27 heavy (non-hydrogen) atoms. The Morgan fingerprint density at radius 1 is 0.741 bits per heavy atom. The average Bonchev–Trinajstić information content (AvgIpc) is 2.68. The third-order valence-electron chi connectivity index (χ3n) is 7.48. The lowest BCUT2D eigenvalue weighted by molar-refractivity contribution is -0.573. The molecule has 0 spiro atoms. The molecule has 1 aliphatic carbocycles. The smallest absolute Gasteiger partial charge is 0.227 e. The molecule has 1 saturated carbocycles. The Bertz CT molecular complexity index is 384. The molecule has 4 heteroatoms. The summed E-state index contributed by atoms with van der Waals surface area (Å²) in [5.74, 6) is -0.385. The fourth-order valence-electron chi connectivity index (χ4n) is 4.11. The summed E-state index contributed by atoms with van der Waals surface area (Å²) in [6, 6.07) is 0. The standard InChI is InChI=1S/C23H46O4/c1-10-21(11-2,12-3)24-26-23(18-19(7)16-17-20(23,8)9)27-25-22(13-4,14-5)15-6/h19H,10-18H2,1-9H3. The Morgan fingerprint density at radius 3 is 1.44 bits per heavy atom. The first-order chi connectivity index (χ1) is 12.6. The van der Waals surface area contributed by atoms with Crippen molar-refractivity contribution in [2.45, 2.75) is 137 Å². The Balaban J connectivity index is 3.13. The van der Waals surface area contributed by atoms with E-state index in [1.54, 1.807) is 0 Å². The van der Waals surface area contributed by atoms with E-state index in [1.165, 1.54) is 6.42 Å². The quantitative estimate of drug-likeness (QED) is 0.199. The molecule has 0 heterocycles. The maximum atomic E-state index is 6.28. The lowest BCUT2D eigenvalue weighted by atomic mass is 9.69. The van der Waals surface area contributed by atoms with Crippen LogP contribution >= 0.6 is 0 Å². The zero-order valence-electron chi connectivity index (χ0n) is 19.6. The minimum absolute atomic E-state index is 0.193. The Kier molecular flexibility index (Phi) is 9.26. The van der Waals surface area contributed by atoms with Crippen molar-refractivity contribution in [3.63, 3.8) is 0 Å². The maximum Gasteiger partial charge on any atom is 0.239 e. The highest BCUT2D eigenvalue weighted by molar-refractivity contribution is 4.93. The van der Waals surface area contributed by atoms with Crippen LogP contribution in [0.1, 0.15) is 120 Å². The van der Waals surface area contributed by atoms with Gasteiger partial charge in [0.2, 0.25) is 5.79 Å². The van der Waals surface area contributed by atoms with Crippen molar-refractivity contribution >= 4 is 0 Å². The second-order valence-corrected chi connectivity index (χ2v) is 9.31. The van der Waals surface area contributed by atoms with Gasteiger partial charge in [0.25, 0.3) is 0 Å². The third-order valence-corrected chi connectivity index (χ3v) is 7.48. The Labute approximate surface area is 168 Å². The van der Waals surface area contributed by atoms with Crippen LogP contribution in [0.15, 0.2) is 0 Å². The number of hydrogen-bond acceptors (Lipinski definition) is 4. The van der Waals surface area contributed by atoms with E-state index in [4.69, 9.17) is 19.6 Å². The van der Waals surface area contributed by atoms with E-state index in [0.717, 1.165) is 51.4 Å². The van der Waals surface area contributed by atoms with Crippen LogP contribution in [0.3, 0.4) is 0 Å². The van der Waals surface area contributed by atoms with Crippen molar-refractivity contribution in [2.24, 2.45) is 11.3 Å². The summed E-state index contributed by atoms with van der Waals surface area (Å²) in [5, 5.41) is 0. The van der Waals surface area contributed by atoms with Gasteiger partial charge in [-0.1, -0.05) is 62.3 Å². The van der Waals surface area contributed by atoms with Gasteiger partial charge in [-0.2, -0.15) is 9.78 Å². The SMILES string of the molecule is CCC(CC)(CC)OOC1(OOC(CC)(CC)CC)CC(C)CCC1(C)C. The van der Waals surface area contributed by atoms with Crippen LogP contribution in [0.2, 0.25) is 0 Å². The van der Waals surface area contributed by atoms with Crippen molar-refractivity contribution in [3.8, 4) is 0 Å².